The largest absolute Gasteiger partial charge is 0.465 e. The molecule has 5 heterocycles. The first-order chi connectivity index (χ1) is 26.5. The van der Waals surface area contributed by atoms with E-state index in [1.54, 1.807) is 24.3 Å². The van der Waals surface area contributed by atoms with Gasteiger partial charge >= 0.3 is 12.1 Å². The Morgan fingerprint density at radius 3 is 2.40 bits per heavy atom. The van der Waals surface area contributed by atoms with Gasteiger partial charge in [0, 0.05) is 46.9 Å². The molecule has 2 aliphatic heterocycles. The van der Waals surface area contributed by atoms with E-state index in [9.17, 15) is 23.1 Å². The molecule has 1 aliphatic carbocycles. The van der Waals surface area contributed by atoms with Crippen molar-refractivity contribution in [3.8, 4) is 17.3 Å². The first-order valence-corrected chi connectivity index (χ1v) is 19.4. The third-order valence-corrected chi connectivity index (χ3v) is 12.1. The van der Waals surface area contributed by atoms with Crippen molar-refractivity contribution in [1.82, 2.24) is 34.0 Å². The van der Waals surface area contributed by atoms with Crippen LogP contribution in [0, 0.1) is 5.82 Å². The summed E-state index contributed by atoms with van der Waals surface area (Å²) in [6.45, 7) is 0.0489. The molecule has 55 heavy (non-hydrogen) atoms. The van der Waals surface area contributed by atoms with Crippen molar-refractivity contribution < 1.29 is 32.2 Å². The van der Waals surface area contributed by atoms with Crippen LogP contribution in [-0.4, -0.2) is 91.3 Å². The van der Waals surface area contributed by atoms with Gasteiger partial charge in [-0.1, -0.05) is 41.9 Å². The first-order valence-electron chi connectivity index (χ1n) is 17.5. The summed E-state index contributed by atoms with van der Waals surface area (Å²) in [7, 11) is -3.98. The summed E-state index contributed by atoms with van der Waals surface area (Å²) < 4.78 is 49.5. The molecule has 2 N–H and O–H groups in total. The Morgan fingerprint density at radius 2 is 1.69 bits per heavy atom. The minimum absolute atomic E-state index is 0.00736. The number of carbonyl (C=O) groups is 2. The van der Waals surface area contributed by atoms with E-state index in [2.05, 4.69) is 30.4 Å². The van der Waals surface area contributed by atoms with Gasteiger partial charge in [0.15, 0.2) is 18.2 Å². The highest BCUT2D eigenvalue weighted by Crippen LogP contribution is 2.40. The molecule has 0 unspecified atom stereocenters. The third-order valence-electron chi connectivity index (χ3n) is 10.2. The molecule has 3 aromatic heterocycles. The standard InChI is InChI=1S/C37H31ClFN9O6S/c38-28-6-2-4-20-3-1-5-26(30(20)28)32-31(39)33-27(15-40-32)35(46-16-23-11-12-24(17-46)48(23)37(50)51)44-36(43-33)54-18-29(49)42-22-9-13-25(14-10-22)55(52,53)47-19-41-34(45-47)21-7-8-21/h1-6,9-10,13-15,19,21,23-24H,7-8,11-12,16-18H2,(H,42,49)(H,50,51)/t23-,24+. The van der Waals surface area contributed by atoms with Gasteiger partial charge in [-0.05, 0) is 61.4 Å². The van der Waals surface area contributed by atoms with Gasteiger partial charge in [-0.25, -0.2) is 14.2 Å². The van der Waals surface area contributed by atoms with Crippen LogP contribution in [0.4, 0.5) is 20.7 Å². The van der Waals surface area contributed by atoms with Gasteiger partial charge in [0.05, 0.1) is 22.4 Å². The van der Waals surface area contributed by atoms with E-state index >= 15 is 4.39 Å². The second kappa shape index (κ2) is 13.4. The van der Waals surface area contributed by atoms with Crippen LogP contribution in [0.15, 0.2) is 78.1 Å². The molecule has 0 radical (unpaired) electrons. The lowest BCUT2D eigenvalue weighted by Gasteiger charge is -2.40. The summed E-state index contributed by atoms with van der Waals surface area (Å²) >= 11 is 6.58. The van der Waals surface area contributed by atoms with E-state index in [0.29, 0.717) is 59.2 Å². The minimum atomic E-state index is -3.98. The molecule has 2 amide bonds. The summed E-state index contributed by atoms with van der Waals surface area (Å²) in [6, 6.07) is 15.5. The molecule has 2 bridgehead atoms. The van der Waals surface area contributed by atoms with Crippen molar-refractivity contribution in [2.75, 3.05) is 29.9 Å². The topological polar surface area (TPSA) is 186 Å². The van der Waals surface area contributed by atoms with E-state index in [0.717, 1.165) is 22.3 Å². The van der Waals surface area contributed by atoms with Crippen molar-refractivity contribution in [3.05, 3.63) is 89.9 Å². The zero-order valence-corrected chi connectivity index (χ0v) is 30.4. The van der Waals surface area contributed by atoms with Crippen LogP contribution in [0.2, 0.25) is 5.02 Å². The molecule has 3 fully saturated rings. The molecule has 3 aliphatic rings. The summed E-state index contributed by atoms with van der Waals surface area (Å²) in [6.07, 6.45) is 4.88. The van der Waals surface area contributed by atoms with Gasteiger partial charge in [0.2, 0.25) is 0 Å². The number of ether oxygens (including phenoxy) is 1. The van der Waals surface area contributed by atoms with Gasteiger partial charge in [-0.15, -0.1) is 9.19 Å². The lowest BCUT2D eigenvalue weighted by Crippen LogP contribution is -2.55. The van der Waals surface area contributed by atoms with Crippen LogP contribution < -0.4 is 15.0 Å². The summed E-state index contributed by atoms with van der Waals surface area (Å²) in [5.41, 5.74) is 0.664. The Kier molecular flexibility index (Phi) is 8.49. The van der Waals surface area contributed by atoms with Crippen LogP contribution in [0.3, 0.4) is 0 Å². The number of nitrogens with one attached hydrogen (secondary N) is 1. The van der Waals surface area contributed by atoms with Crippen molar-refractivity contribution >= 4 is 66.8 Å². The quantitative estimate of drug-likeness (QED) is 0.183. The number of pyridine rings is 1. The number of rotatable bonds is 9. The van der Waals surface area contributed by atoms with E-state index in [1.165, 1.54) is 41.7 Å². The number of fused-ring (bicyclic) bond motifs is 4. The molecule has 9 rings (SSSR count). The monoisotopic (exact) mass is 783 g/mol. The maximum absolute atomic E-state index is 16.7. The zero-order valence-electron chi connectivity index (χ0n) is 28.8. The van der Waals surface area contributed by atoms with Gasteiger partial charge < -0.3 is 20.1 Å². The van der Waals surface area contributed by atoms with Crippen LogP contribution in [0.5, 0.6) is 6.01 Å². The van der Waals surface area contributed by atoms with E-state index in [4.69, 9.17) is 16.3 Å². The Hall–Kier alpha value is -5.94. The van der Waals surface area contributed by atoms with Crippen LogP contribution in [0.25, 0.3) is 32.9 Å². The number of piperazine rings is 1. The Bertz CT molecular complexity index is 2620. The predicted molar refractivity (Wildman–Crippen MR) is 199 cm³/mol. The van der Waals surface area contributed by atoms with Crippen molar-refractivity contribution in [2.24, 2.45) is 0 Å². The molecule has 3 aromatic carbocycles. The first kappa shape index (κ1) is 34.8. The van der Waals surface area contributed by atoms with Gasteiger partial charge in [0.1, 0.15) is 23.4 Å². The Labute approximate surface area is 317 Å². The summed E-state index contributed by atoms with van der Waals surface area (Å²) in [5.74, 6) is -0.377. The van der Waals surface area contributed by atoms with Gasteiger partial charge in [0.25, 0.3) is 15.9 Å². The van der Waals surface area contributed by atoms with Crippen molar-refractivity contribution in [3.63, 3.8) is 0 Å². The number of carboxylic acid groups (broad SMARTS) is 1. The lowest BCUT2D eigenvalue weighted by molar-refractivity contribution is -0.118. The molecule has 6 aromatic rings. The SMILES string of the molecule is O=C(COc1nc(N2C[C@H]3CC[C@@H](C2)N3C(=O)O)c2cnc(-c3cccc4cccc(Cl)c34)c(F)c2n1)Nc1ccc(S(=O)(=O)n2cnc(C3CC3)n2)cc1. The van der Waals surface area contributed by atoms with Crippen molar-refractivity contribution in [1.29, 1.82) is 0 Å². The molecule has 2 saturated heterocycles. The van der Waals surface area contributed by atoms with Gasteiger partial charge in [-0.2, -0.15) is 18.4 Å². The van der Waals surface area contributed by atoms with E-state index in [-0.39, 0.29) is 45.5 Å². The fraction of sp³-hybridized carbons (Fsp3) is 0.270. The maximum atomic E-state index is 16.7. The molecule has 1 saturated carbocycles. The minimum Gasteiger partial charge on any atom is -0.465 e. The molecule has 15 nitrogen and oxygen atoms in total. The number of hydrogen-bond acceptors (Lipinski definition) is 11. The highest BCUT2D eigenvalue weighted by molar-refractivity contribution is 7.89. The average Bonchev–Trinajstić information content (AvgIpc) is 3.83. The zero-order chi connectivity index (χ0) is 38.0. The van der Waals surface area contributed by atoms with Crippen LogP contribution >= 0.6 is 11.6 Å². The number of nitrogens with zero attached hydrogens (tertiary/aromatic N) is 8. The molecule has 0 spiro atoms. The fourth-order valence-electron chi connectivity index (χ4n) is 7.45. The highest BCUT2D eigenvalue weighted by atomic mass is 35.5. The third kappa shape index (κ3) is 6.32. The van der Waals surface area contributed by atoms with Crippen LogP contribution in [0.1, 0.15) is 37.4 Å². The average molecular weight is 784 g/mol. The molecule has 280 valence electrons. The number of benzene rings is 3. The normalized spacial score (nSPS) is 18.2. The maximum Gasteiger partial charge on any atom is 0.407 e. The molecule has 18 heteroatoms. The highest BCUT2D eigenvalue weighted by Gasteiger charge is 2.43. The predicted octanol–water partition coefficient (Wildman–Crippen LogP) is 5.69. The second-order valence-electron chi connectivity index (χ2n) is 13.8. The number of aromatic nitrogens is 6. The molecular weight excluding hydrogens is 753 g/mol. The fourth-order valence-corrected chi connectivity index (χ4v) is 8.79. The van der Waals surface area contributed by atoms with E-state index < -0.39 is 34.4 Å². The van der Waals surface area contributed by atoms with Crippen LogP contribution in [-0.2, 0) is 14.8 Å². The lowest BCUT2D eigenvalue weighted by atomic mass is 10.0. The number of hydrogen-bond donors (Lipinski definition) is 2. The Morgan fingerprint density at radius 1 is 0.964 bits per heavy atom. The number of anilines is 2. The number of amides is 2. The smallest absolute Gasteiger partial charge is 0.407 e. The summed E-state index contributed by atoms with van der Waals surface area (Å²) in [4.78, 5) is 46.0. The second-order valence-corrected chi connectivity index (χ2v) is 16.0. The molecular formula is C37H31ClFN9O6S. The van der Waals surface area contributed by atoms with Crippen molar-refractivity contribution in [2.45, 2.75) is 48.6 Å². The Balaban J connectivity index is 0.998. The van der Waals surface area contributed by atoms with E-state index in [1.807, 2.05) is 17.0 Å². The molecule has 2 atom stereocenters. The van der Waals surface area contributed by atoms with Gasteiger partial charge in [-0.3, -0.25) is 14.7 Å². The number of carbonyl (C=O) groups excluding carboxylic acids is 1. The summed E-state index contributed by atoms with van der Waals surface area (Å²) in [5, 5.41) is 18.7. The number of halogens is 2.